The van der Waals surface area contributed by atoms with Crippen LogP contribution in [0.1, 0.15) is 12.0 Å². The van der Waals surface area contributed by atoms with Gasteiger partial charge >= 0.3 is 0 Å². The van der Waals surface area contributed by atoms with Crippen molar-refractivity contribution in [2.75, 3.05) is 46.6 Å². The smallest absolute Gasteiger partial charge is 0.170 e. The molecule has 156 valence electrons. The minimum Gasteiger partial charge on any atom is -0.491 e. The maximum atomic E-state index is 6.00. The number of hydrogen-bond donors (Lipinski definition) is 0. The molecule has 0 spiro atoms. The fourth-order valence-electron chi connectivity index (χ4n) is 2.88. The second-order valence-electron chi connectivity index (χ2n) is 6.33. The van der Waals surface area contributed by atoms with E-state index in [-0.39, 0.29) is 6.79 Å². The average molecular weight is 418 g/mol. The van der Waals surface area contributed by atoms with Crippen LogP contribution in [0.5, 0.6) is 5.75 Å². The first kappa shape index (κ1) is 21.6. The van der Waals surface area contributed by atoms with E-state index in [4.69, 9.17) is 23.9 Å². The Labute approximate surface area is 175 Å². The minimum atomic E-state index is 0.268. The summed E-state index contributed by atoms with van der Waals surface area (Å²) >= 11 is 1.60. The third-order valence-electron chi connectivity index (χ3n) is 4.30. The average Bonchev–Trinajstić information content (AvgIpc) is 3.12. The lowest BCUT2D eigenvalue weighted by molar-refractivity contribution is -0.0674. The number of aryl methyl sites for hydroxylation is 1. The minimum absolute atomic E-state index is 0.268. The van der Waals surface area contributed by atoms with Crippen LogP contribution in [0.4, 0.5) is 0 Å². The summed E-state index contributed by atoms with van der Waals surface area (Å²) in [5.41, 5.74) is 3.82. The van der Waals surface area contributed by atoms with Gasteiger partial charge in [-0.15, -0.1) is 0 Å². The quantitative estimate of drug-likeness (QED) is 0.327. The van der Waals surface area contributed by atoms with Gasteiger partial charge in [0, 0.05) is 26.0 Å². The number of ether oxygens (including phenoxy) is 4. The van der Waals surface area contributed by atoms with E-state index in [0.29, 0.717) is 26.4 Å². The maximum absolute atomic E-state index is 6.00. The largest absolute Gasteiger partial charge is 0.491 e. The van der Waals surface area contributed by atoms with Crippen LogP contribution in [0, 0.1) is 6.92 Å². The molecule has 0 bridgehead atoms. The van der Waals surface area contributed by atoms with Gasteiger partial charge in [0.15, 0.2) is 5.82 Å². The molecule has 0 atom stereocenters. The molecule has 8 heteroatoms. The van der Waals surface area contributed by atoms with Crippen molar-refractivity contribution in [2.24, 2.45) is 0 Å². The van der Waals surface area contributed by atoms with E-state index in [1.165, 1.54) is 0 Å². The first-order valence-corrected chi connectivity index (χ1v) is 10.7. The van der Waals surface area contributed by atoms with Crippen molar-refractivity contribution in [2.45, 2.75) is 13.3 Å². The molecule has 3 aromatic rings. The Hall–Kier alpha value is -2.13. The van der Waals surface area contributed by atoms with E-state index in [1.54, 1.807) is 25.3 Å². The van der Waals surface area contributed by atoms with Crippen molar-refractivity contribution in [3.8, 4) is 17.3 Å². The Morgan fingerprint density at radius 3 is 2.69 bits per heavy atom. The van der Waals surface area contributed by atoms with Gasteiger partial charge in [0.25, 0.3) is 0 Å². The molecule has 2 aromatic heterocycles. The molecule has 0 N–H and O–H groups in total. The van der Waals surface area contributed by atoms with Crippen LogP contribution >= 0.6 is 11.9 Å². The normalized spacial score (nSPS) is 11.3. The number of benzene rings is 1. The molecule has 0 saturated heterocycles. The number of methoxy groups -OCH3 is 1. The van der Waals surface area contributed by atoms with Gasteiger partial charge in [-0.25, -0.2) is 4.98 Å². The summed E-state index contributed by atoms with van der Waals surface area (Å²) < 4.78 is 23.7. The standard InChI is InChI=1S/C21H27N3O4S/c1-16-7-5-10-22-19(16)21-23-20-17(24(21)29-3)8-4-9-18(20)28-12-6-11-26-15-27-14-13-25-2/h4-5,7-10H,6,11-15H2,1-3H3. The van der Waals surface area contributed by atoms with Gasteiger partial charge in [-0.1, -0.05) is 12.1 Å². The lowest BCUT2D eigenvalue weighted by atomic mass is 10.2. The van der Waals surface area contributed by atoms with E-state index in [1.807, 2.05) is 43.5 Å². The van der Waals surface area contributed by atoms with Gasteiger partial charge in [0.1, 0.15) is 23.8 Å². The topological polar surface area (TPSA) is 67.6 Å². The van der Waals surface area contributed by atoms with Crippen LogP contribution in [-0.2, 0) is 14.2 Å². The molecule has 3 rings (SSSR count). The van der Waals surface area contributed by atoms with Crippen molar-refractivity contribution in [3.05, 3.63) is 42.1 Å². The zero-order valence-electron chi connectivity index (χ0n) is 17.1. The molecule has 0 amide bonds. The highest BCUT2D eigenvalue weighted by Gasteiger charge is 2.17. The molecule has 0 aliphatic rings. The monoisotopic (exact) mass is 417 g/mol. The second kappa shape index (κ2) is 11.2. The van der Waals surface area contributed by atoms with E-state index in [0.717, 1.165) is 40.3 Å². The number of aromatic nitrogens is 3. The summed E-state index contributed by atoms with van der Waals surface area (Å²) in [5, 5.41) is 0. The first-order valence-electron chi connectivity index (χ1n) is 9.51. The van der Waals surface area contributed by atoms with Gasteiger partial charge in [0.2, 0.25) is 0 Å². The summed E-state index contributed by atoms with van der Waals surface area (Å²) in [6, 6.07) is 9.96. The van der Waals surface area contributed by atoms with E-state index in [9.17, 15) is 0 Å². The molecule has 7 nitrogen and oxygen atoms in total. The van der Waals surface area contributed by atoms with Crippen molar-refractivity contribution in [1.29, 1.82) is 0 Å². The number of nitrogens with zero attached hydrogens (tertiary/aromatic N) is 3. The SMILES string of the molecule is COCCOCOCCCOc1cccc2c1nc(-c1ncccc1C)n2SC. The van der Waals surface area contributed by atoms with Gasteiger partial charge in [-0.3, -0.25) is 8.96 Å². The molecular weight excluding hydrogens is 390 g/mol. The highest BCUT2D eigenvalue weighted by atomic mass is 32.2. The van der Waals surface area contributed by atoms with Crippen LogP contribution in [0.15, 0.2) is 36.5 Å². The molecule has 1 aromatic carbocycles. The highest BCUT2D eigenvalue weighted by Crippen LogP contribution is 2.33. The molecular formula is C21H27N3O4S. The van der Waals surface area contributed by atoms with Crippen LogP contribution in [-0.4, -0.2) is 60.5 Å². The lowest BCUT2D eigenvalue weighted by Crippen LogP contribution is -2.08. The van der Waals surface area contributed by atoms with E-state index < -0.39 is 0 Å². The number of pyridine rings is 1. The fraction of sp³-hybridized carbons (Fsp3) is 0.429. The van der Waals surface area contributed by atoms with Crippen molar-refractivity contribution in [3.63, 3.8) is 0 Å². The number of hydrogen-bond acceptors (Lipinski definition) is 7. The van der Waals surface area contributed by atoms with Gasteiger partial charge < -0.3 is 18.9 Å². The number of rotatable bonds is 12. The fourth-order valence-corrected chi connectivity index (χ4v) is 3.53. The summed E-state index contributed by atoms with van der Waals surface area (Å²) in [4.78, 5) is 9.39. The Kier molecular flexibility index (Phi) is 8.30. The van der Waals surface area contributed by atoms with Crippen LogP contribution in [0.3, 0.4) is 0 Å². The molecule has 0 radical (unpaired) electrons. The Morgan fingerprint density at radius 1 is 1.03 bits per heavy atom. The summed E-state index contributed by atoms with van der Waals surface area (Å²) in [6.07, 6.45) is 4.59. The lowest BCUT2D eigenvalue weighted by Gasteiger charge is -2.08. The van der Waals surface area contributed by atoms with Gasteiger partial charge in [-0.2, -0.15) is 0 Å². The van der Waals surface area contributed by atoms with Gasteiger partial charge in [-0.05, 0) is 42.6 Å². The molecule has 0 saturated carbocycles. The second-order valence-corrected chi connectivity index (χ2v) is 7.06. The Balaban J connectivity index is 1.65. The summed E-state index contributed by atoms with van der Waals surface area (Å²) in [7, 11) is 1.64. The van der Waals surface area contributed by atoms with Gasteiger partial charge in [0.05, 0.1) is 31.9 Å². The predicted molar refractivity (Wildman–Crippen MR) is 115 cm³/mol. The van der Waals surface area contributed by atoms with Crippen LogP contribution < -0.4 is 4.74 Å². The predicted octanol–water partition coefficient (Wildman–Crippen LogP) is 3.94. The molecule has 0 unspecified atom stereocenters. The van der Waals surface area contributed by atoms with E-state index in [2.05, 4.69) is 8.96 Å². The summed E-state index contributed by atoms with van der Waals surface area (Å²) in [5.74, 6) is 1.60. The zero-order valence-corrected chi connectivity index (χ0v) is 17.9. The third kappa shape index (κ3) is 5.48. The zero-order chi connectivity index (χ0) is 20.5. The Bertz CT molecular complexity index is 916. The Morgan fingerprint density at radius 2 is 1.90 bits per heavy atom. The van der Waals surface area contributed by atoms with Crippen LogP contribution in [0.25, 0.3) is 22.6 Å². The molecule has 29 heavy (non-hydrogen) atoms. The molecule has 2 heterocycles. The highest BCUT2D eigenvalue weighted by molar-refractivity contribution is 7.97. The van der Waals surface area contributed by atoms with Crippen molar-refractivity contribution < 1.29 is 18.9 Å². The summed E-state index contributed by atoms with van der Waals surface area (Å²) in [6.45, 7) is 4.53. The van der Waals surface area contributed by atoms with Crippen LogP contribution in [0.2, 0.25) is 0 Å². The molecule has 0 fully saturated rings. The number of imidazole rings is 1. The third-order valence-corrected chi connectivity index (χ3v) is 5.03. The van der Waals surface area contributed by atoms with E-state index >= 15 is 0 Å². The molecule has 0 aliphatic heterocycles. The number of fused-ring (bicyclic) bond motifs is 1. The maximum Gasteiger partial charge on any atom is 0.170 e. The molecule has 0 aliphatic carbocycles. The number of para-hydroxylation sites is 1. The first-order chi connectivity index (χ1) is 14.3. The van der Waals surface area contributed by atoms with Crippen molar-refractivity contribution >= 4 is 23.0 Å². The van der Waals surface area contributed by atoms with Crippen molar-refractivity contribution in [1.82, 2.24) is 13.9 Å².